The number of rotatable bonds is 15. The normalized spacial score (nSPS) is 13.5. The van der Waals surface area contributed by atoms with Crippen molar-refractivity contribution in [3.8, 4) is 5.75 Å². The quantitative estimate of drug-likeness (QED) is 0.180. The maximum absolute atomic E-state index is 12.2. The van der Waals surface area contributed by atoms with E-state index >= 15 is 0 Å². The van der Waals surface area contributed by atoms with Crippen LogP contribution in [0.3, 0.4) is 0 Å². The summed E-state index contributed by atoms with van der Waals surface area (Å²) in [4.78, 5) is 32.2. The van der Waals surface area contributed by atoms with Gasteiger partial charge in [0.1, 0.15) is 41.6 Å². The van der Waals surface area contributed by atoms with E-state index in [0.29, 0.717) is 43.0 Å². The molecule has 222 valence electrons. The number of carboxylic acid groups (broad SMARTS) is 1. The molecule has 0 fully saturated rings. The fourth-order valence-corrected chi connectivity index (χ4v) is 5.24. The van der Waals surface area contributed by atoms with E-state index in [1.165, 1.54) is 11.9 Å². The SMILES string of the molecule is Cc1ncccc1OCCN(CCCCc1ccc2c(n1)NCCC2)CC[C@H](Nc1ncnc2cnn(C)c12)C(=O)O. The van der Waals surface area contributed by atoms with Crippen LogP contribution in [0.4, 0.5) is 11.6 Å². The Kier molecular flexibility index (Phi) is 9.75. The smallest absolute Gasteiger partial charge is 0.326 e. The average Bonchev–Trinajstić information content (AvgIpc) is 3.39. The number of aliphatic carboxylic acids is 1. The molecule has 12 heteroatoms. The van der Waals surface area contributed by atoms with E-state index in [-0.39, 0.29) is 0 Å². The molecule has 5 rings (SSSR count). The lowest BCUT2D eigenvalue weighted by molar-refractivity contribution is -0.138. The van der Waals surface area contributed by atoms with Crippen molar-refractivity contribution in [3.05, 3.63) is 59.9 Å². The maximum atomic E-state index is 12.2. The number of carboxylic acids is 1. The summed E-state index contributed by atoms with van der Waals surface area (Å²) in [5.41, 5.74) is 4.58. The summed E-state index contributed by atoms with van der Waals surface area (Å²) < 4.78 is 7.67. The molecule has 12 nitrogen and oxygen atoms in total. The molecule has 0 amide bonds. The van der Waals surface area contributed by atoms with E-state index in [0.717, 1.165) is 68.1 Å². The van der Waals surface area contributed by atoms with Crippen molar-refractivity contribution >= 4 is 28.6 Å². The molecule has 0 aromatic carbocycles. The third-order valence-electron chi connectivity index (χ3n) is 7.60. The van der Waals surface area contributed by atoms with Crippen LogP contribution in [-0.2, 0) is 24.7 Å². The van der Waals surface area contributed by atoms with Gasteiger partial charge in [0.25, 0.3) is 0 Å². The zero-order chi connectivity index (χ0) is 29.3. The van der Waals surface area contributed by atoms with E-state index < -0.39 is 12.0 Å². The summed E-state index contributed by atoms with van der Waals surface area (Å²) in [7, 11) is 1.79. The van der Waals surface area contributed by atoms with Crippen molar-refractivity contribution in [3.63, 3.8) is 0 Å². The Morgan fingerprint density at radius 1 is 1.19 bits per heavy atom. The fraction of sp³-hybridized carbons (Fsp3) is 0.467. The Balaban J connectivity index is 1.19. The standard InChI is InChI=1S/C30H39N9O3/c1-21-26(9-6-13-31-21)42-18-17-39(15-4-3-8-23-11-10-22-7-5-14-32-28(22)36-23)16-12-24(30(40)41)37-29-27-25(33-20-34-29)19-35-38(27)2/h6,9-11,13,19-20,24H,3-5,7-8,12,14-18H2,1-2H3,(H,32,36)(H,40,41)(H,33,34,37)/t24-/m0/s1. The second-order valence-corrected chi connectivity index (χ2v) is 10.6. The van der Waals surface area contributed by atoms with Crippen molar-refractivity contribution in [2.24, 2.45) is 7.05 Å². The molecule has 3 N–H and O–H groups in total. The predicted molar refractivity (Wildman–Crippen MR) is 161 cm³/mol. The summed E-state index contributed by atoms with van der Waals surface area (Å²) in [5, 5.41) is 20.8. The number of nitrogens with one attached hydrogen (secondary N) is 2. The van der Waals surface area contributed by atoms with Crippen LogP contribution in [0.15, 0.2) is 43.0 Å². The number of aromatic nitrogens is 6. The van der Waals surface area contributed by atoms with Crippen molar-refractivity contribution < 1.29 is 14.6 Å². The van der Waals surface area contributed by atoms with E-state index in [4.69, 9.17) is 9.72 Å². The predicted octanol–water partition coefficient (Wildman–Crippen LogP) is 3.48. The van der Waals surface area contributed by atoms with Crippen molar-refractivity contribution in [2.75, 3.05) is 43.4 Å². The van der Waals surface area contributed by atoms with E-state index in [2.05, 4.69) is 47.7 Å². The van der Waals surface area contributed by atoms with Crippen LogP contribution in [-0.4, -0.2) is 84.5 Å². The summed E-state index contributed by atoms with van der Waals surface area (Å²) in [6.45, 7) is 5.46. The Hall–Kier alpha value is -4.32. The topological polar surface area (TPSA) is 143 Å². The van der Waals surface area contributed by atoms with Crippen LogP contribution in [0, 0.1) is 6.92 Å². The third-order valence-corrected chi connectivity index (χ3v) is 7.60. The number of fused-ring (bicyclic) bond motifs is 2. The highest BCUT2D eigenvalue weighted by Crippen LogP contribution is 2.21. The zero-order valence-electron chi connectivity index (χ0n) is 24.3. The first-order chi connectivity index (χ1) is 20.5. The van der Waals surface area contributed by atoms with Crippen molar-refractivity contribution in [1.82, 2.24) is 34.6 Å². The second-order valence-electron chi connectivity index (χ2n) is 10.6. The summed E-state index contributed by atoms with van der Waals surface area (Å²) in [5.74, 6) is 1.32. The Morgan fingerprint density at radius 2 is 2.10 bits per heavy atom. The molecule has 0 aliphatic carbocycles. The van der Waals surface area contributed by atoms with Gasteiger partial charge in [-0.25, -0.2) is 19.7 Å². The van der Waals surface area contributed by atoms with Crippen molar-refractivity contribution in [2.45, 2.75) is 51.5 Å². The number of pyridine rings is 2. The van der Waals surface area contributed by atoms with Gasteiger partial charge in [-0.05, 0) is 75.8 Å². The largest absolute Gasteiger partial charge is 0.490 e. The zero-order valence-corrected chi connectivity index (χ0v) is 24.3. The van der Waals surface area contributed by atoms with E-state index in [9.17, 15) is 9.90 Å². The van der Waals surface area contributed by atoms with Crippen LogP contribution in [0.25, 0.3) is 11.0 Å². The third kappa shape index (κ3) is 7.49. The number of carbonyl (C=O) groups is 1. The Morgan fingerprint density at radius 3 is 2.95 bits per heavy atom. The molecule has 0 unspecified atom stereocenters. The van der Waals surface area contributed by atoms with Gasteiger partial charge in [-0.2, -0.15) is 5.10 Å². The van der Waals surface area contributed by atoms with Gasteiger partial charge in [-0.15, -0.1) is 0 Å². The highest BCUT2D eigenvalue weighted by molar-refractivity contribution is 5.87. The molecule has 0 saturated heterocycles. The molecule has 42 heavy (non-hydrogen) atoms. The molecule has 1 aliphatic heterocycles. The van der Waals surface area contributed by atoms with Crippen LogP contribution in [0.5, 0.6) is 5.75 Å². The van der Waals surface area contributed by atoms with Gasteiger partial charge in [-0.3, -0.25) is 14.6 Å². The van der Waals surface area contributed by atoms with E-state index in [1.54, 1.807) is 24.1 Å². The van der Waals surface area contributed by atoms with Gasteiger partial charge in [0, 0.05) is 38.6 Å². The lowest BCUT2D eigenvalue weighted by Crippen LogP contribution is -2.37. The van der Waals surface area contributed by atoms with Crippen LogP contribution in [0.2, 0.25) is 0 Å². The molecule has 1 aliphatic rings. The number of anilines is 2. The van der Waals surface area contributed by atoms with Gasteiger partial charge < -0.3 is 20.5 Å². The minimum absolute atomic E-state index is 0.392. The first-order valence-corrected chi connectivity index (χ1v) is 14.6. The van der Waals surface area contributed by atoms with Gasteiger partial charge in [-0.1, -0.05) is 6.07 Å². The minimum atomic E-state index is -0.932. The molecule has 1 atom stereocenters. The van der Waals surface area contributed by atoms with Crippen LogP contribution >= 0.6 is 0 Å². The van der Waals surface area contributed by atoms with Gasteiger partial charge in [0.2, 0.25) is 0 Å². The van der Waals surface area contributed by atoms with Gasteiger partial charge >= 0.3 is 5.97 Å². The number of ether oxygens (including phenoxy) is 1. The Labute approximate surface area is 245 Å². The van der Waals surface area contributed by atoms with E-state index in [1.807, 2.05) is 19.1 Å². The van der Waals surface area contributed by atoms with Crippen LogP contribution < -0.4 is 15.4 Å². The molecule has 4 aromatic heterocycles. The number of hydrogen-bond donors (Lipinski definition) is 3. The number of aryl methyl sites for hydroxylation is 4. The first kappa shape index (κ1) is 29.2. The van der Waals surface area contributed by atoms with Gasteiger partial charge in [0.15, 0.2) is 5.82 Å². The van der Waals surface area contributed by atoms with Crippen LogP contribution in [0.1, 0.15) is 42.6 Å². The highest BCUT2D eigenvalue weighted by Gasteiger charge is 2.21. The Bertz CT molecular complexity index is 1490. The molecule has 5 heterocycles. The fourth-order valence-electron chi connectivity index (χ4n) is 5.24. The van der Waals surface area contributed by atoms with Gasteiger partial charge in [0.05, 0.1) is 11.9 Å². The first-order valence-electron chi connectivity index (χ1n) is 14.6. The lowest BCUT2D eigenvalue weighted by atomic mass is 10.1. The lowest BCUT2D eigenvalue weighted by Gasteiger charge is -2.25. The molecule has 0 spiro atoms. The number of hydrogen-bond acceptors (Lipinski definition) is 10. The highest BCUT2D eigenvalue weighted by atomic mass is 16.5. The number of nitrogens with zero attached hydrogens (tertiary/aromatic N) is 7. The minimum Gasteiger partial charge on any atom is -0.490 e. The molecule has 4 aromatic rings. The summed E-state index contributed by atoms with van der Waals surface area (Å²) in [6, 6.07) is 7.29. The molecular weight excluding hydrogens is 534 g/mol. The number of unbranched alkanes of at least 4 members (excludes halogenated alkanes) is 1. The average molecular weight is 574 g/mol. The second kappa shape index (κ2) is 14.0. The maximum Gasteiger partial charge on any atom is 0.326 e. The molecule has 0 bridgehead atoms. The molecular formula is C30H39N9O3. The van der Waals surface area contributed by atoms with Crippen molar-refractivity contribution in [1.29, 1.82) is 0 Å². The monoisotopic (exact) mass is 573 g/mol. The summed E-state index contributed by atoms with van der Waals surface area (Å²) >= 11 is 0. The molecule has 0 saturated carbocycles. The molecule has 0 radical (unpaired) electrons. The summed E-state index contributed by atoms with van der Waals surface area (Å²) in [6.07, 6.45) is 10.3.